The van der Waals surface area contributed by atoms with Crippen molar-refractivity contribution in [2.24, 2.45) is 12.8 Å². The lowest BCUT2D eigenvalue weighted by Gasteiger charge is -2.03. The molecule has 0 aliphatic carbocycles. The molecule has 2 aromatic heterocycles. The maximum Gasteiger partial charge on any atom is 0.164 e. The standard InChI is InChI=1S/C8H11N7/c1-5-6(7(9)10)8(14(2)13-5)15-4-11-3-12-15/h3-4H,1-2H3,(H3,9,10). The number of aryl methyl sites for hydroxylation is 2. The highest BCUT2D eigenvalue weighted by Crippen LogP contribution is 2.15. The summed E-state index contributed by atoms with van der Waals surface area (Å²) in [5.41, 5.74) is 6.79. The molecule has 2 rings (SSSR count). The SMILES string of the molecule is Cc1nn(C)c(-n2cncn2)c1C(=N)N. The van der Waals surface area contributed by atoms with Gasteiger partial charge in [0.25, 0.3) is 0 Å². The van der Waals surface area contributed by atoms with Crippen molar-refractivity contribution in [3.63, 3.8) is 0 Å². The van der Waals surface area contributed by atoms with Gasteiger partial charge in [-0.25, -0.2) is 14.3 Å². The van der Waals surface area contributed by atoms with Crippen molar-refractivity contribution >= 4 is 5.84 Å². The van der Waals surface area contributed by atoms with Crippen LogP contribution >= 0.6 is 0 Å². The average molecular weight is 205 g/mol. The second-order valence-corrected chi connectivity index (χ2v) is 3.16. The van der Waals surface area contributed by atoms with Gasteiger partial charge < -0.3 is 5.73 Å². The van der Waals surface area contributed by atoms with Gasteiger partial charge in [-0.1, -0.05) is 0 Å². The maximum absolute atomic E-state index is 7.50. The van der Waals surface area contributed by atoms with E-state index in [1.54, 1.807) is 25.0 Å². The Morgan fingerprint density at radius 1 is 1.53 bits per heavy atom. The quantitative estimate of drug-likeness (QED) is 0.514. The van der Waals surface area contributed by atoms with Crippen LogP contribution in [0.2, 0.25) is 0 Å². The van der Waals surface area contributed by atoms with Gasteiger partial charge in [0.15, 0.2) is 5.82 Å². The van der Waals surface area contributed by atoms with E-state index in [1.165, 1.54) is 11.0 Å². The Hall–Kier alpha value is -2.18. The fourth-order valence-electron chi connectivity index (χ4n) is 1.54. The summed E-state index contributed by atoms with van der Waals surface area (Å²) in [6.07, 6.45) is 2.97. The number of nitrogens with one attached hydrogen (secondary N) is 1. The predicted molar refractivity (Wildman–Crippen MR) is 53.9 cm³/mol. The molecule has 2 heterocycles. The summed E-state index contributed by atoms with van der Waals surface area (Å²) in [5.74, 6) is 0.628. The molecule has 0 aliphatic rings. The fourth-order valence-corrected chi connectivity index (χ4v) is 1.54. The van der Waals surface area contributed by atoms with Gasteiger partial charge in [0.1, 0.15) is 18.5 Å². The number of hydrogen-bond acceptors (Lipinski definition) is 4. The topological polar surface area (TPSA) is 98.4 Å². The molecule has 0 aromatic carbocycles. The van der Waals surface area contributed by atoms with Gasteiger partial charge in [0, 0.05) is 7.05 Å². The maximum atomic E-state index is 7.50. The molecule has 3 N–H and O–H groups in total. The Morgan fingerprint density at radius 3 is 2.80 bits per heavy atom. The number of aromatic nitrogens is 5. The summed E-state index contributed by atoms with van der Waals surface area (Å²) >= 11 is 0. The van der Waals surface area contributed by atoms with E-state index in [-0.39, 0.29) is 5.84 Å². The van der Waals surface area contributed by atoms with Gasteiger partial charge in [-0.3, -0.25) is 5.41 Å². The smallest absolute Gasteiger partial charge is 0.164 e. The Balaban J connectivity index is 2.70. The van der Waals surface area contributed by atoms with E-state index in [9.17, 15) is 0 Å². The lowest BCUT2D eigenvalue weighted by Crippen LogP contribution is -2.16. The van der Waals surface area contributed by atoms with E-state index in [0.29, 0.717) is 17.1 Å². The van der Waals surface area contributed by atoms with Crippen LogP contribution in [0.1, 0.15) is 11.3 Å². The summed E-state index contributed by atoms with van der Waals surface area (Å²) in [5, 5.41) is 15.7. The minimum atomic E-state index is -0.0221. The minimum absolute atomic E-state index is 0.0221. The largest absolute Gasteiger partial charge is 0.384 e. The number of amidine groups is 1. The third kappa shape index (κ3) is 1.37. The Labute approximate surface area is 86.0 Å². The van der Waals surface area contributed by atoms with Crippen LogP contribution < -0.4 is 5.73 Å². The Morgan fingerprint density at radius 2 is 2.27 bits per heavy atom. The van der Waals surface area contributed by atoms with E-state index in [2.05, 4.69) is 15.2 Å². The van der Waals surface area contributed by atoms with Gasteiger partial charge in [-0.2, -0.15) is 10.2 Å². The molecular weight excluding hydrogens is 194 g/mol. The summed E-state index contributed by atoms with van der Waals surface area (Å²) in [6.45, 7) is 1.80. The Bertz CT molecular complexity index is 493. The summed E-state index contributed by atoms with van der Waals surface area (Å²) in [4.78, 5) is 3.85. The van der Waals surface area contributed by atoms with Gasteiger partial charge in [-0.05, 0) is 6.92 Å². The van der Waals surface area contributed by atoms with E-state index in [1.807, 2.05) is 0 Å². The van der Waals surface area contributed by atoms with E-state index < -0.39 is 0 Å². The molecular formula is C8H11N7. The zero-order valence-corrected chi connectivity index (χ0v) is 8.47. The highest BCUT2D eigenvalue weighted by Gasteiger charge is 2.17. The van der Waals surface area contributed by atoms with Crippen molar-refractivity contribution in [1.29, 1.82) is 5.41 Å². The number of nitrogens with zero attached hydrogens (tertiary/aromatic N) is 5. The number of hydrogen-bond donors (Lipinski definition) is 2. The van der Waals surface area contributed by atoms with Crippen molar-refractivity contribution < 1.29 is 0 Å². The van der Waals surface area contributed by atoms with Gasteiger partial charge in [0.05, 0.1) is 11.3 Å². The molecule has 7 heteroatoms. The van der Waals surface area contributed by atoms with Crippen molar-refractivity contribution in [2.75, 3.05) is 0 Å². The van der Waals surface area contributed by atoms with Gasteiger partial charge in [0.2, 0.25) is 0 Å². The lowest BCUT2D eigenvalue weighted by molar-refractivity contribution is 0.693. The highest BCUT2D eigenvalue weighted by molar-refractivity contribution is 5.99. The third-order valence-corrected chi connectivity index (χ3v) is 2.10. The van der Waals surface area contributed by atoms with E-state index in [4.69, 9.17) is 11.1 Å². The normalized spacial score (nSPS) is 10.5. The van der Waals surface area contributed by atoms with E-state index in [0.717, 1.165) is 0 Å². The minimum Gasteiger partial charge on any atom is -0.384 e. The Kier molecular flexibility index (Phi) is 2.00. The molecule has 0 saturated heterocycles. The van der Waals surface area contributed by atoms with Crippen LogP contribution in [0.5, 0.6) is 0 Å². The van der Waals surface area contributed by atoms with Gasteiger partial charge in [-0.15, -0.1) is 0 Å². The molecule has 0 aliphatic heterocycles. The number of nitrogen functional groups attached to an aromatic ring is 1. The lowest BCUT2D eigenvalue weighted by atomic mass is 10.2. The van der Waals surface area contributed by atoms with Crippen LogP contribution in [0.25, 0.3) is 5.82 Å². The van der Waals surface area contributed by atoms with Crippen molar-refractivity contribution in [1.82, 2.24) is 24.5 Å². The first kappa shape index (κ1) is 9.38. The van der Waals surface area contributed by atoms with Crippen LogP contribution in [-0.2, 0) is 7.05 Å². The number of nitrogens with two attached hydrogens (primary N) is 1. The van der Waals surface area contributed by atoms with E-state index >= 15 is 0 Å². The zero-order chi connectivity index (χ0) is 11.0. The monoisotopic (exact) mass is 205 g/mol. The molecule has 0 bridgehead atoms. The first-order valence-corrected chi connectivity index (χ1v) is 4.34. The summed E-state index contributed by atoms with van der Waals surface area (Å²) in [7, 11) is 1.77. The van der Waals surface area contributed by atoms with Crippen LogP contribution in [0.4, 0.5) is 0 Å². The second kappa shape index (κ2) is 3.19. The van der Waals surface area contributed by atoms with Crippen molar-refractivity contribution in [3.05, 3.63) is 23.9 Å². The molecule has 7 nitrogen and oxygen atoms in total. The predicted octanol–water partition coefficient (Wildman–Crippen LogP) is -0.407. The zero-order valence-electron chi connectivity index (χ0n) is 8.47. The third-order valence-electron chi connectivity index (χ3n) is 2.10. The summed E-state index contributed by atoms with van der Waals surface area (Å²) < 4.78 is 3.16. The molecule has 0 spiro atoms. The highest BCUT2D eigenvalue weighted by atomic mass is 15.4. The van der Waals surface area contributed by atoms with Crippen LogP contribution in [0, 0.1) is 12.3 Å². The average Bonchev–Trinajstić information content (AvgIpc) is 2.71. The van der Waals surface area contributed by atoms with Crippen molar-refractivity contribution in [2.45, 2.75) is 6.92 Å². The fraction of sp³-hybridized carbons (Fsp3) is 0.250. The first-order chi connectivity index (χ1) is 7.11. The molecule has 2 aromatic rings. The second-order valence-electron chi connectivity index (χ2n) is 3.16. The molecule has 0 saturated carbocycles. The molecule has 15 heavy (non-hydrogen) atoms. The number of rotatable bonds is 2. The van der Waals surface area contributed by atoms with Crippen LogP contribution in [0.15, 0.2) is 12.7 Å². The summed E-state index contributed by atoms with van der Waals surface area (Å²) in [6, 6.07) is 0. The molecule has 0 radical (unpaired) electrons. The van der Waals surface area contributed by atoms with Crippen LogP contribution in [-0.4, -0.2) is 30.4 Å². The van der Waals surface area contributed by atoms with Gasteiger partial charge >= 0.3 is 0 Å². The van der Waals surface area contributed by atoms with Crippen molar-refractivity contribution in [3.8, 4) is 5.82 Å². The molecule has 0 fully saturated rings. The molecule has 0 amide bonds. The van der Waals surface area contributed by atoms with Crippen LogP contribution in [0.3, 0.4) is 0 Å². The molecule has 0 atom stereocenters. The molecule has 78 valence electrons. The first-order valence-electron chi connectivity index (χ1n) is 4.34. The molecule has 0 unspecified atom stereocenters.